The molecule has 188 valence electrons. The molecule has 4 aliphatic rings. The molecule has 2 aromatic rings. The van der Waals surface area contributed by atoms with Crippen molar-refractivity contribution in [3.63, 3.8) is 0 Å². The summed E-state index contributed by atoms with van der Waals surface area (Å²) in [5.74, 6) is 0.992. The molecule has 1 aromatic heterocycles. The maximum atomic E-state index is 12.8. The van der Waals surface area contributed by atoms with E-state index in [2.05, 4.69) is 45.4 Å². The Balaban J connectivity index is 1.15. The van der Waals surface area contributed by atoms with E-state index in [9.17, 15) is 4.79 Å². The van der Waals surface area contributed by atoms with Crippen LogP contribution in [0.25, 0.3) is 0 Å². The number of aryl methyl sites for hydroxylation is 1. The molecule has 35 heavy (non-hydrogen) atoms. The predicted octanol–water partition coefficient (Wildman–Crippen LogP) is 4.53. The van der Waals surface area contributed by atoms with Crippen LogP contribution in [0.2, 0.25) is 0 Å². The smallest absolute Gasteiger partial charge is 0.323 e. The molecular weight excluding hydrogens is 456 g/mol. The van der Waals surface area contributed by atoms with Crippen LogP contribution < -0.4 is 9.80 Å². The topological polar surface area (TPSA) is 55.8 Å². The van der Waals surface area contributed by atoms with Gasteiger partial charge in [0, 0.05) is 67.8 Å². The number of amides is 2. The van der Waals surface area contributed by atoms with Crippen LogP contribution in [0.5, 0.6) is 0 Å². The molecule has 2 atom stereocenters. The molecule has 2 bridgehead atoms. The Morgan fingerprint density at radius 1 is 1.06 bits per heavy atom. The Morgan fingerprint density at radius 2 is 1.74 bits per heavy atom. The number of likely N-dealkylation sites (tertiary alicyclic amines) is 1. The molecule has 6 rings (SSSR count). The summed E-state index contributed by atoms with van der Waals surface area (Å²) in [5.41, 5.74) is 2.72. The van der Waals surface area contributed by atoms with Gasteiger partial charge in [-0.3, -0.25) is 4.90 Å². The first-order valence-corrected chi connectivity index (χ1v) is 14.2. The molecule has 8 heteroatoms. The van der Waals surface area contributed by atoms with Crippen LogP contribution in [0.15, 0.2) is 24.3 Å². The summed E-state index contributed by atoms with van der Waals surface area (Å²) >= 11 is 1.60. The van der Waals surface area contributed by atoms with Gasteiger partial charge in [0.05, 0.1) is 0 Å². The highest BCUT2D eigenvalue weighted by molar-refractivity contribution is 7.09. The van der Waals surface area contributed by atoms with Gasteiger partial charge in [0.25, 0.3) is 0 Å². The Labute approximate surface area is 213 Å². The lowest BCUT2D eigenvalue weighted by atomic mass is 9.67. The number of carbonyl (C=O) groups is 1. The zero-order chi connectivity index (χ0) is 24.2. The normalized spacial score (nSPS) is 27.8. The molecule has 2 amide bonds. The molecular formula is C27H38N6OS. The molecule has 5 heterocycles. The number of rotatable bonds is 3. The molecule has 3 saturated heterocycles. The van der Waals surface area contributed by atoms with Crippen molar-refractivity contribution in [1.29, 1.82) is 0 Å². The van der Waals surface area contributed by atoms with Gasteiger partial charge >= 0.3 is 6.03 Å². The molecule has 2 unspecified atom stereocenters. The lowest BCUT2D eigenvalue weighted by molar-refractivity contribution is 0.0863. The van der Waals surface area contributed by atoms with Crippen LogP contribution in [0, 0.1) is 0 Å². The summed E-state index contributed by atoms with van der Waals surface area (Å²) in [6.07, 6.45) is 9.48. The number of fused-ring (bicyclic) bond motifs is 4. The van der Waals surface area contributed by atoms with Crippen molar-refractivity contribution in [3.05, 3.63) is 35.7 Å². The maximum absolute atomic E-state index is 12.8. The van der Waals surface area contributed by atoms with Crippen LogP contribution in [0.1, 0.15) is 63.3 Å². The summed E-state index contributed by atoms with van der Waals surface area (Å²) in [5, 5.41) is 1.15. The third-order valence-corrected chi connectivity index (χ3v) is 9.94. The predicted molar refractivity (Wildman–Crippen MR) is 142 cm³/mol. The number of nitrogens with zero attached hydrogens (tertiary/aromatic N) is 6. The van der Waals surface area contributed by atoms with Crippen molar-refractivity contribution in [1.82, 2.24) is 19.2 Å². The molecule has 0 saturated carbocycles. The van der Waals surface area contributed by atoms with Gasteiger partial charge in [0.15, 0.2) is 0 Å². The number of anilines is 2. The zero-order valence-corrected chi connectivity index (χ0v) is 22.1. The van der Waals surface area contributed by atoms with Gasteiger partial charge in [-0.15, -0.1) is 0 Å². The molecule has 1 aromatic carbocycles. The highest BCUT2D eigenvalue weighted by Gasteiger charge is 2.47. The number of carbonyl (C=O) groups excluding carboxylic acids is 1. The number of piperidine rings is 2. The van der Waals surface area contributed by atoms with Crippen molar-refractivity contribution in [2.24, 2.45) is 0 Å². The number of para-hydroxylation sites is 1. The number of benzene rings is 1. The standard InChI is InChI=1S/C27H38N6OS/c1-4-24-28-25(35-29-24)33-19-9-10-20(33)18-21(17-19)31-14-11-27(12-15-31)13-16-32(26(34)30(2)3)23-8-6-5-7-22(23)27/h5-8,19-21H,4,9-18H2,1-3H3. The van der Waals surface area contributed by atoms with E-state index < -0.39 is 0 Å². The van der Waals surface area contributed by atoms with Gasteiger partial charge in [0.1, 0.15) is 5.82 Å². The van der Waals surface area contributed by atoms with Crippen molar-refractivity contribution < 1.29 is 4.79 Å². The highest BCUT2D eigenvalue weighted by atomic mass is 32.1. The molecule has 0 N–H and O–H groups in total. The minimum Gasteiger partial charge on any atom is -0.341 e. The van der Waals surface area contributed by atoms with Gasteiger partial charge in [0.2, 0.25) is 5.13 Å². The second-order valence-electron chi connectivity index (χ2n) is 11.2. The summed E-state index contributed by atoms with van der Waals surface area (Å²) in [6, 6.07) is 10.7. The van der Waals surface area contributed by atoms with Gasteiger partial charge in [-0.25, -0.2) is 9.78 Å². The van der Waals surface area contributed by atoms with Crippen molar-refractivity contribution in [2.75, 3.05) is 43.5 Å². The SMILES string of the molecule is CCc1nsc(N2C3CCC2CC(N2CCC4(CCN(C(=O)N(C)C)c5ccccc54)CC2)C3)n1. The third-order valence-electron chi connectivity index (χ3n) is 9.17. The minimum absolute atomic E-state index is 0.0912. The van der Waals surface area contributed by atoms with Crippen LogP contribution >= 0.6 is 11.5 Å². The van der Waals surface area contributed by atoms with Crippen LogP contribution in [0.4, 0.5) is 15.6 Å². The first-order valence-electron chi connectivity index (χ1n) is 13.4. The van der Waals surface area contributed by atoms with E-state index in [0.29, 0.717) is 18.1 Å². The molecule has 4 aliphatic heterocycles. The molecule has 1 spiro atoms. The minimum atomic E-state index is 0.0912. The Morgan fingerprint density at radius 3 is 2.40 bits per heavy atom. The van der Waals surface area contributed by atoms with Gasteiger partial charge in [-0.2, -0.15) is 4.37 Å². The third kappa shape index (κ3) is 3.93. The summed E-state index contributed by atoms with van der Waals surface area (Å²) in [6.45, 7) is 5.29. The second-order valence-corrected chi connectivity index (χ2v) is 11.9. The summed E-state index contributed by atoms with van der Waals surface area (Å²) in [7, 11) is 3.69. The number of hydrogen-bond acceptors (Lipinski definition) is 6. The maximum Gasteiger partial charge on any atom is 0.323 e. The van der Waals surface area contributed by atoms with E-state index in [1.807, 2.05) is 19.0 Å². The molecule has 0 aliphatic carbocycles. The van der Waals surface area contributed by atoms with Crippen LogP contribution in [0.3, 0.4) is 0 Å². The van der Waals surface area contributed by atoms with Crippen molar-refractivity contribution in [3.8, 4) is 0 Å². The Hall–Kier alpha value is -2.19. The largest absolute Gasteiger partial charge is 0.341 e. The molecule has 0 radical (unpaired) electrons. The van der Waals surface area contributed by atoms with Crippen molar-refractivity contribution >= 4 is 28.4 Å². The van der Waals surface area contributed by atoms with E-state index in [0.717, 1.165) is 36.0 Å². The number of aromatic nitrogens is 2. The summed E-state index contributed by atoms with van der Waals surface area (Å²) in [4.78, 5) is 26.8. The zero-order valence-electron chi connectivity index (χ0n) is 21.3. The fourth-order valence-electron chi connectivity index (χ4n) is 7.27. The Bertz CT molecular complexity index is 1060. The van der Waals surface area contributed by atoms with Gasteiger partial charge in [-0.05, 0) is 69.7 Å². The fourth-order valence-corrected chi connectivity index (χ4v) is 8.16. The lowest BCUT2D eigenvalue weighted by Crippen LogP contribution is -2.55. The van der Waals surface area contributed by atoms with E-state index in [-0.39, 0.29) is 11.4 Å². The van der Waals surface area contributed by atoms with E-state index in [1.165, 1.54) is 57.2 Å². The number of urea groups is 1. The quantitative estimate of drug-likeness (QED) is 0.628. The van der Waals surface area contributed by atoms with Crippen molar-refractivity contribution in [2.45, 2.75) is 81.8 Å². The highest BCUT2D eigenvalue weighted by Crippen LogP contribution is 2.48. The van der Waals surface area contributed by atoms with E-state index in [4.69, 9.17) is 4.98 Å². The van der Waals surface area contributed by atoms with Gasteiger partial charge < -0.3 is 14.7 Å². The van der Waals surface area contributed by atoms with E-state index in [1.54, 1.807) is 16.4 Å². The Kier molecular flexibility index (Phi) is 6.00. The fraction of sp³-hybridized carbons (Fsp3) is 0.667. The van der Waals surface area contributed by atoms with Crippen LogP contribution in [-0.4, -0.2) is 77.0 Å². The number of hydrogen-bond donors (Lipinski definition) is 0. The first kappa shape index (κ1) is 23.2. The average molecular weight is 495 g/mol. The second kappa shape index (κ2) is 9.04. The van der Waals surface area contributed by atoms with E-state index >= 15 is 0 Å². The molecule has 3 fully saturated rings. The first-order chi connectivity index (χ1) is 17.0. The summed E-state index contributed by atoms with van der Waals surface area (Å²) < 4.78 is 4.56. The average Bonchev–Trinajstić information content (AvgIpc) is 3.45. The monoisotopic (exact) mass is 494 g/mol. The van der Waals surface area contributed by atoms with Crippen LogP contribution in [-0.2, 0) is 11.8 Å². The molecule has 7 nitrogen and oxygen atoms in total. The van der Waals surface area contributed by atoms with Gasteiger partial charge in [-0.1, -0.05) is 25.1 Å². The lowest BCUT2D eigenvalue weighted by Gasteiger charge is -2.51.